The van der Waals surface area contributed by atoms with Gasteiger partial charge in [-0.05, 0) is 37.5 Å². The van der Waals surface area contributed by atoms with Crippen LogP contribution in [-0.2, 0) is 9.53 Å². The second-order valence-corrected chi connectivity index (χ2v) is 5.75. The molecule has 2 rings (SSSR count). The summed E-state index contributed by atoms with van der Waals surface area (Å²) in [6, 6.07) is 5.49. The molecule has 3 N–H and O–H groups in total. The smallest absolute Gasteiger partial charge is 0.243 e. The summed E-state index contributed by atoms with van der Waals surface area (Å²) in [5, 5.41) is 3.38. The van der Waals surface area contributed by atoms with Gasteiger partial charge in [-0.2, -0.15) is 0 Å². The van der Waals surface area contributed by atoms with Crippen LogP contribution in [0, 0.1) is 6.92 Å². The van der Waals surface area contributed by atoms with Crippen LogP contribution in [0.25, 0.3) is 10.2 Å². The average Bonchev–Trinajstić information content (AvgIpc) is 2.80. The molecule has 108 valence electrons. The van der Waals surface area contributed by atoms with Gasteiger partial charge in [0.1, 0.15) is 0 Å². The quantitative estimate of drug-likeness (QED) is 0.801. The lowest BCUT2D eigenvalue weighted by molar-refractivity contribution is -0.117. The average molecular weight is 293 g/mol. The molecule has 1 heterocycles. The molecule has 2 aromatic rings. The van der Waals surface area contributed by atoms with Gasteiger partial charge in [-0.25, -0.2) is 4.98 Å². The van der Waals surface area contributed by atoms with Crippen molar-refractivity contribution in [1.82, 2.24) is 4.98 Å². The van der Waals surface area contributed by atoms with Crippen LogP contribution in [-0.4, -0.2) is 30.6 Å². The fourth-order valence-corrected chi connectivity index (χ4v) is 2.83. The topological polar surface area (TPSA) is 77.2 Å². The zero-order valence-electron chi connectivity index (χ0n) is 11.7. The van der Waals surface area contributed by atoms with Crippen LogP contribution in [0.3, 0.4) is 0 Å². The first-order valence-electron chi connectivity index (χ1n) is 6.52. The number of amides is 1. The molecule has 5 nitrogen and oxygen atoms in total. The van der Waals surface area contributed by atoms with Crippen LogP contribution in [0.2, 0.25) is 0 Å². The van der Waals surface area contributed by atoms with Crippen molar-refractivity contribution < 1.29 is 9.53 Å². The summed E-state index contributed by atoms with van der Waals surface area (Å²) in [5.41, 5.74) is 7.90. The number of nitrogens with one attached hydrogen (secondary N) is 1. The number of aromatic nitrogens is 1. The first-order chi connectivity index (χ1) is 9.60. The Balaban J connectivity index is 1.98. The van der Waals surface area contributed by atoms with E-state index in [0.29, 0.717) is 18.2 Å². The molecule has 0 radical (unpaired) electrons. The Kier molecular flexibility index (Phi) is 5.05. The Labute approximate surface area is 122 Å². The highest BCUT2D eigenvalue weighted by molar-refractivity contribution is 7.22. The molecular weight excluding hydrogens is 274 g/mol. The highest BCUT2D eigenvalue weighted by Crippen LogP contribution is 2.26. The van der Waals surface area contributed by atoms with Crippen molar-refractivity contribution in [2.45, 2.75) is 25.8 Å². The number of methoxy groups -OCH3 is 1. The number of fused-ring (bicyclic) bond motifs is 1. The predicted octanol–water partition coefficient (Wildman–Crippen LogP) is 2.30. The maximum absolute atomic E-state index is 11.9. The second kappa shape index (κ2) is 6.78. The van der Waals surface area contributed by atoms with Crippen molar-refractivity contribution in [1.29, 1.82) is 0 Å². The number of hydrogen-bond acceptors (Lipinski definition) is 5. The van der Waals surface area contributed by atoms with Gasteiger partial charge in [0.2, 0.25) is 5.91 Å². The van der Waals surface area contributed by atoms with Crippen LogP contribution >= 0.6 is 11.3 Å². The summed E-state index contributed by atoms with van der Waals surface area (Å²) in [6.07, 6.45) is 1.37. The molecule has 0 spiro atoms. The van der Waals surface area contributed by atoms with Gasteiger partial charge in [0.05, 0.1) is 16.3 Å². The number of thiazole rings is 1. The molecule has 1 atom stereocenters. The van der Waals surface area contributed by atoms with Gasteiger partial charge in [-0.15, -0.1) is 0 Å². The fourth-order valence-electron chi connectivity index (χ4n) is 1.86. The maximum Gasteiger partial charge on any atom is 0.243 e. The normalized spacial score (nSPS) is 12.6. The first-order valence-corrected chi connectivity index (χ1v) is 7.34. The number of anilines is 1. The standard InChI is InChI=1S/C14H19N3O2S/c1-9-5-6-11-12(8-9)20-14(16-11)17-13(18)10(15)4-3-7-19-2/h5-6,8,10H,3-4,7,15H2,1-2H3,(H,16,17,18). The zero-order valence-corrected chi connectivity index (χ0v) is 12.5. The number of benzene rings is 1. The number of rotatable bonds is 6. The van der Waals surface area contributed by atoms with Gasteiger partial charge in [-0.3, -0.25) is 4.79 Å². The number of carbonyl (C=O) groups excluding carboxylic acids is 1. The summed E-state index contributed by atoms with van der Waals surface area (Å²) < 4.78 is 6.01. The van der Waals surface area contributed by atoms with E-state index in [9.17, 15) is 4.79 Å². The van der Waals surface area contributed by atoms with Crippen molar-refractivity contribution in [3.63, 3.8) is 0 Å². The summed E-state index contributed by atoms with van der Waals surface area (Å²) in [6.45, 7) is 2.64. The molecule has 0 bridgehead atoms. The predicted molar refractivity (Wildman–Crippen MR) is 82.1 cm³/mol. The largest absolute Gasteiger partial charge is 0.385 e. The van der Waals surface area contributed by atoms with E-state index in [1.165, 1.54) is 16.9 Å². The molecule has 1 unspecified atom stereocenters. The van der Waals surface area contributed by atoms with Gasteiger partial charge < -0.3 is 15.8 Å². The Morgan fingerprint density at radius 2 is 2.35 bits per heavy atom. The minimum Gasteiger partial charge on any atom is -0.385 e. The lowest BCUT2D eigenvalue weighted by Gasteiger charge is -2.09. The van der Waals surface area contributed by atoms with Crippen LogP contribution in [0.15, 0.2) is 18.2 Å². The van der Waals surface area contributed by atoms with E-state index >= 15 is 0 Å². The minimum atomic E-state index is -0.529. The van der Waals surface area contributed by atoms with Crippen molar-refractivity contribution in [3.05, 3.63) is 23.8 Å². The third-order valence-electron chi connectivity index (χ3n) is 2.97. The molecule has 0 aliphatic carbocycles. The third-order valence-corrected chi connectivity index (χ3v) is 3.91. The Morgan fingerprint density at radius 3 is 3.10 bits per heavy atom. The van der Waals surface area contributed by atoms with E-state index in [0.717, 1.165) is 16.6 Å². The minimum absolute atomic E-state index is 0.197. The lowest BCUT2D eigenvalue weighted by Crippen LogP contribution is -2.35. The van der Waals surface area contributed by atoms with E-state index < -0.39 is 6.04 Å². The van der Waals surface area contributed by atoms with Gasteiger partial charge in [0, 0.05) is 13.7 Å². The highest BCUT2D eigenvalue weighted by atomic mass is 32.1. The summed E-state index contributed by atoms with van der Waals surface area (Å²) >= 11 is 1.46. The number of nitrogens with two attached hydrogens (primary N) is 1. The highest BCUT2D eigenvalue weighted by Gasteiger charge is 2.15. The van der Waals surface area contributed by atoms with Crippen molar-refractivity contribution in [3.8, 4) is 0 Å². The van der Waals surface area contributed by atoms with Crippen LogP contribution < -0.4 is 11.1 Å². The fraction of sp³-hybridized carbons (Fsp3) is 0.429. The number of ether oxygens (including phenoxy) is 1. The molecule has 0 aliphatic rings. The molecule has 20 heavy (non-hydrogen) atoms. The Bertz CT molecular complexity index is 597. The number of nitrogens with zero attached hydrogens (tertiary/aromatic N) is 1. The van der Waals surface area contributed by atoms with Gasteiger partial charge >= 0.3 is 0 Å². The summed E-state index contributed by atoms with van der Waals surface area (Å²) in [7, 11) is 1.63. The molecular formula is C14H19N3O2S. The molecule has 6 heteroatoms. The van der Waals surface area contributed by atoms with E-state index in [1.807, 2.05) is 19.1 Å². The molecule has 0 saturated heterocycles. The van der Waals surface area contributed by atoms with Crippen LogP contribution in [0.5, 0.6) is 0 Å². The summed E-state index contributed by atoms with van der Waals surface area (Å²) in [4.78, 5) is 16.3. The lowest BCUT2D eigenvalue weighted by atomic mass is 10.1. The summed E-state index contributed by atoms with van der Waals surface area (Å²) in [5.74, 6) is -0.197. The van der Waals surface area contributed by atoms with E-state index in [-0.39, 0.29) is 5.91 Å². The van der Waals surface area contributed by atoms with Gasteiger partial charge in [0.15, 0.2) is 5.13 Å². The molecule has 1 aromatic heterocycles. The monoisotopic (exact) mass is 293 g/mol. The third kappa shape index (κ3) is 3.75. The van der Waals surface area contributed by atoms with Crippen LogP contribution in [0.1, 0.15) is 18.4 Å². The zero-order chi connectivity index (χ0) is 14.5. The second-order valence-electron chi connectivity index (χ2n) is 4.72. The van der Waals surface area contributed by atoms with Crippen molar-refractivity contribution in [2.24, 2.45) is 5.73 Å². The van der Waals surface area contributed by atoms with Crippen LogP contribution in [0.4, 0.5) is 5.13 Å². The first kappa shape index (κ1) is 14.9. The SMILES string of the molecule is COCCCC(N)C(=O)Nc1nc2ccc(C)cc2s1. The van der Waals surface area contributed by atoms with Gasteiger partial charge in [-0.1, -0.05) is 17.4 Å². The molecule has 0 aliphatic heterocycles. The van der Waals surface area contributed by atoms with E-state index in [1.54, 1.807) is 7.11 Å². The number of aryl methyl sites for hydroxylation is 1. The van der Waals surface area contributed by atoms with Crippen molar-refractivity contribution >= 4 is 32.6 Å². The maximum atomic E-state index is 11.9. The molecule has 1 aromatic carbocycles. The Hall–Kier alpha value is -1.50. The van der Waals surface area contributed by atoms with Gasteiger partial charge in [0.25, 0.3) is 0 Å². The van der Waals surface area contributed by atoms with Crippen molar-refractivity contribution in [2.75, 3.05) is 19.0 Å². The Morgan fingerprint density at radius 1 is 1.55 bits per heavy atom. The van der Waals surface area contributed by atoms with E-state index in [4.69, 9.17) is 10.5 Å². The number of hydrogen-bond donors (Lipinski definition) is 2. The molecule has 0 fully saturated rings. The molecule has 1 amide bonds. The van der Waals surface area contributed by atoms with E-state index in [2.05, 4.69) is 16.4 Å². The number of carbonyl (C=O) groups is 1. The molecule has 0 saturated carbocycles.